The molecule has 0 atom stereocenters. The minimum Gasteiger partial charge on any atom is -0.444 e. The monoisotopic (exact) mass is 480 g/mol. The quantitative estimate of drug-likeness (QED) is 0.715. The van der Waals surface area contributed by atoms with Crippen LogP contribution in [0.3, 0.4) is 0 Å². The molecule has 1 saturated heterocycles. The van der Waals surface area contributed by atoms with E-state index in [2.05, 4.69) is 15.2 Å². The summed E-state index contributed by atoms with van der Waals surface area (Å²) in [7, 11) is -3.53. The van der Waals surface area contributed by atoms with Crippen LogP contribution in [0.1, 0.15) is 27.7 Å². The van der Waals surface area contributed by atoms with Crippen molar-refractivity contribution >= 4 is 44.0 Å². The number of carbonyl (C=O) groups excluding carboxylic acids is 2. The molecule has 2 heterocycles. The summed E-state index contributed by atoms with van der Waals surface area (Å²) in [6, 6.07) is 4.81. The highest BCUT2D eigenvalue weighted by atomic mass is 32.2. The summed E-state index contributed by atoms with van der Waals surface area (Å²) in [5, 5.41) is 3.37. The van der Waals surface area contributed by atoms with Crippen LogP contribution in [0.15, 0.2) is 29.3 Å². The van der Waals surface area contributed by atoms with Crippen LogP contribution < -0.4 is 10.2 Å². The van der Waals surface area contributed by atoms with E-state index < -0.39 is 15.4 Å². The van der Waals surface area contributed by atoms with Crippen molar-refractivity contribution in [3.05, 3.63) is 24.4 Å². The van der Waals surface area contributed by atoms with Gasteiger partial charge in [-0.2, -0.15) is 0 Å². The first-order chi connectivity index (χ1) is 14.8. The summed E-state index contributed by atoms with van der Waals surface area (Å²) in [5.74, 6) is -0.275. The zero-order chi connectivity index (χ0) is 23.7. The molecule has 1 fully saturated rings. The van der Waals surface area contributed by atoms with E-state index in [4.69, 9.17) is 4.74 Å². The Morgan fingerprint density at radius 3 is 2.38 bits per heavy atom. The van der Waals surface area contributed by atoms with Crippen molar-refractivity contribution in [2.45, 2.75) is 38.2 Å². The number of piperazine rings is 1. The van der Waals surface area contributed by atoms with Crippen molar-refractivity contribution < 1.29 is 22.7 Å². The van der Waals surface area contributed by atoms with E-state index in [0.717, 1.165) is 11.4 Å². The van der Waals surface area contributed by atoms with E-state index in [-0.39, 0.29) is 16.9 Å². The number of hydrogen-bond donors (Lipinski definition) is 1. The average molecular weight is 481 g/mol. The summed E-state index contributed by atoms with van der Waals surface area (Å²) in [6.45, 7) is 9.13. The number of carbonyl (C=O) groups is 2. The molecule has 32 heavy (non-hydrogen) atoms. The Balaban J connectivity index is 1.77. The van der Waals surface area contributed by atoms with Gasteiger partial charge >= 0.3 is 6.09 Å². The summed E-state index contributed by atoms with van der Waals surface area (Å²) in [6.07, 6.45) is 2.47. The highest BCUT2D eigenvalue weighted by Crippen LogP contribution is 2.36. The molecule has 1 aliphatic heterocycles. The second kappa shape index (κ2) is 9.07. The molecule has 2 aromatic rings. The van der Waals surface area contributed by atoms with E-state index in [0.29, 0.717) is 42.3 Å². The van der Waals surface area contributed by atoms with Crippen LogP contribution >= 0.6 is 11.3 Å². The van der Waals surface area contributed by atoms with E-state index >= 15 is 0 Å². The molecule has 0 radical (unpaired) electrons. The van der Waals surface area contributed by atoms with Crippen molar-refractivity contribution in [1.29, 1.82) is 0 Å². The molecule has 1 aliphatic rings. The lowest BCUT2D eigenvalue weighted by Crippen LogP contribution is -2.50. The zero-order valence-electron chi connectivity index (χ0n) is 18.8. The second-order valence-corrected chi connectivity index (χ2v) is 11.6. The number of benzene rings is 1. The third-order valence-electron chi connectivity index (χ3n) is 4.66. The predicted octanol–water partition coefficient (Wildman–Crippen LogP) is 3.23. The lowest BCUT2D eigenvalue weighted by Gasteiger charge is -2.35. The number of rotatable bonds is 4. The molecule has 174 valence electrons. The molecule has 0 saturated carbocycles. The minimum absolute atomic E-state index is 0.133. The first-order valence-electron chi connectivity index (χ1n) is 10.1. The fourth-order valence-corrected chi connectivity index (χ4v) is 5.25. The van der Waals surface area contributed by atoms with Gasteiger partial charge in [-0.3, -0.25) is 4.79 Å². The number of thiazole rings is 1. The van der Waals surface area contributed by atoms with Gasteiger partial charge in [-0.1, -0.05) is 17.4 Å². The van der Waals surface area contributed by atoms with Gasteiger partial charge in [-0.25, -0.2) is 18.2 Å². The zero-order valence-corrected chi connectivity index (χ0v) is 20.5. The molecule has 0 aliphatic carbocycles. The molecule has 1 aromatic carbocycles. The van der Waals surface area contributed by atoms with Gasteiger partial charge in [0.2, 0.25) is 5.91 Å². The Bertz CT molecular complexity index is 1110. The highest BCUT2D eigenvalue weighted by Gasteiger charge is 2.27. The van der Waals surface area contributed by atoms with Gasteiger partial charge in [-0.05, 0) is 32.9 Å². The van der Waals surface area contributed by atoms with Crippen molar-refractivity contribution in [2.24, 2.45) is 0 Å². The predicted molar refractivity (Wildman–Crippen MR) is 125 cm³/mol. The van der Waals surface area contributed by atoms with E-state index in [1.54, 1.807) is 23.2 Å². The fourth-order valence-electron chi connectivity index (χ4n) is 3.26. The number of hydrogen-bond acceptors (Lipinski definition) is 8. The van der Waals surface area contributed by atoms with Crippen LogP contribution in [-0.2, 0) is 19.4 Å². The molecule has 3 rings (SSSR count). The molecule has 1 aromatic heterocycles. The molecule has 0 spiro atoms. The maximum Gasteiger partial charge on any atom is 0.410 e. The molecular weight excluding hydrogens is 452 g/mol. The minimum atomic E-state index is -3.53. The standard InChI is InChI=1S/C21H28N4O5S2/c1-14(26)23-15-6-7-16(18(12-15)32(5,28)29)17-13-22-19(31-17)24-8-10-25(11-9-24)20(27)30-21(2,3)4/h6-7,12-13H,8-11H2,1-5H3,(H,23,26). The summed E-state index contributed by atoms with van der Waals surface area (Å²) in [4.78, 5) is 32.7. The van der Waals surface area contributed by atoms with Gasteiger partial charge in [-0.15, -0.1) is 0 Å². The van der Waals surface area contributed by atoms with Crippen LogP contribution in [0, 0.1) is 0 Å². The van der Waals surface area contributed by atoms with Gasteiger partial charge in [0.1, 0.15) is 5.60 Å². The second-order valence-electron chi connectivity index (χ2n) is 8.63. The van der Waals surface area contributed by atoms with E-state index in [9.17, 15) is 18.0 Å². The number of nitrogens with zero attached hydrogens (tertiary/aromatic N) is 3. The van der Waals surface area contributed by atoms with Gasteiger partial charge in [0.25, 0.3) is 0 Å². The van der Waals surface area contributed by atoms with Crippen LogP contribution in [0.2, 0.25) is 0 Å². The third kappa shape index (κ3) is 5.98. The SMILES string of the molecule is CC(=O)Nc1ccc(-c2cnc(N3CCN(C(=O)OC(C)(C)C)CC3)s2)c(S(C)(=O)=O)c1. The smallest absolute Gasteiger partial charge is 0.410 e. The third-order valence-corrected chi connectivity index (χ3v) is 6.89. The lowest BCUT2D eigenvalue weighted by molar-refractivity contribution is -0.114. The van der Waals surface area contributed by atoms with Gasteiger partial charge < -0.3 is 19.9 Å². The fraction of sp³-hybridized carbons (Fsp3) is 0.476. The maximum absolute atomic E-state index is 12.4. The first-order valence-corrected chi connectivity index (χ1v) is 12.8. The Morgan fingerprint density at radius 1 is 1.16 bits per heavy atom. The Morgan fingerprint density at radius 2 is 1.81 bits per heavy atom. The molecule has 11 heteroatoms. The van der Waals surface area contributed by atoms with Crippen LogP contribution in [0.4, 0.5) is 15.6 Å². The molecule has 1 N–H and O–H groups in total. The number of anilines is 2. The van der Waals surface area contributed by atoms with Crippen molar-refractivity contribution in [1.82, 2.24) is 9.88 Å². The van der Waals surface area contributed by atoms with Gasteiger partial charge in [0, 0.05) is 56.8 Å². The average Bonchev–Trinajstić information content (AvgIpc) is 3.15. The van der Waals surface area contributed by atoms with Crippen LogP contribution in [0.5, 0.6) is 0 Å². The summed E-state index contributed by atoms with van der Waals surface area (Å²) < 4.78 is 30.2. The number of amides is 2. The topological polar surface area (TPSA) is 109 Å². The van der Waals surface area contributed by atoms with Crippen LogP contribution in [0.25, 0.3) is 10.4 Å². The number of nitrogens with one attached hydrogen (secondary N) is 1. The van der Waals surface area contributed by atoms with E-state index in [1.165, 1.54) is 24.3 Å². The highest BCUT2D eigenvalue weighted by molar-refractivity contribution is 7.90. The normalized spacial score (nSPS) is 14.9. The van der Waals surface area contributed by atoms with Gasteiger partial charge in [0.05, 0.1) is 9.77 Å². The van der Waals surface area contributed by atoms with Crippen molar-refractivity contribution in [2.75, 3.05) is 42.7 Å². The number of sulfone groups is 1. The molecule has 2 amide bonds. The van der Waals surface area contributed by atoms with Crippen LogP contribution in [-0.4, -0.2) is 68.3 Å². The molecule has 0 unspecified atom stereocenters. The van der Waals surface area contributed by atoms with Crippen molar-refractivity contribution in [3.8, 4) is 10.4 Å². The van der Waals surface area contributed by atoms with Gasteiger partial charge in [0.15, 0.2) is 15.0 Å². The maximum atomic E-state index is 12.4. The summed E-state index contributed by atoms with van der Waals surface area (Å²) in [5.41, 5.74) is 0.424. The van der Waals surface area contributed by atoms with Crippen molar-refractivity contribution in [3.63, 3.8) is 0 Å². The molecule has 9 nitrogen and oxygen atoms in total. The number of aromatic nitrogens is 1. The molecular formula is C21H28N4O5S2. The lowest BCUT2D eigenvalue weighted by atomic mass is 10.2. The largest absolute Gasteiger partial charge is 0.444 e. The Kier molecular flexibility index (Phi) is 6.80. The Hall–Kier alpha value is -2.66. The van der Waals surface area contributed by atoms with E-state index in [1.807, 2.05) is 20.8 Å². The Labute approximate surface area is 192 Å². The summed E-state index contributed by atoms with van der Waals surface area (Å²) >= 11 is 1.39. The molecule has 0 bridgehead atoms. The number of ether oxygens (including phenoxy) is 1. The first kappa shape index (κ1) is 24.0.